The molecule has 0 saturated carbocycles. The van der Waals surface area contributed by atoms with Gasteiger partial charge in [-0.2, -0.15) is 0 Å². The van der Waals surface area contributed by atoms with Crippen LogP contribution in [0.15, 0.2) is 27.4 Å². The van der Waals surface area contributed by atoms with Gasteiger partial charge in [0.15, 0.2) is 5.58 Å². The summed E-state index contributed by atoms with van der Waals surface area (Å²) in [5.74, 6) is -0.458. The average Bonchev–Trinajstić information content (AvgIpc) is 2.64. The molecule has 5 heteroatoms. The van der Waals surface area contributed by atoms with Gasteiger partial charge in [-0.3, -0.25) is 9.36 Å². The van der Waals surface area contributed by atoms with Crippen LogP contribution in [0.1, 0.15) is 27.2 Å². The Kier molecular flexibility index (Phi) is 3.22. The van der Waals surface area contributed by atoms with Crippen LogP contribution in [-0.2, 0) is 11.8 Å². The Hall–Kier alpha value is -2.04. The fourth-order valence-electron chi connectivity index (χ4n) is 1.67. The highest BCUT2D eigenvalue weighted by molar-refractivity contribution is 5.96. The molecule has 0 aliphatic heterocycles. The maximum atomic E-state index is 12.1. The largest absolute Gasteiger partial charge is 0.419 e. The van der Waals surface area contributed by atoms with Crippen LogP contribution in [0.25, 0.3) is 11.1 Å². The summed E-state index contributed by atoms with van der Waals surface area (Å²) < 4.78 is 6.52. The molecule has 0 atom stereocenters. The second kappa shape index (κ2) is 4.57. The molecule has 19 heavy (non-hydrogen) atoms. The molecule has 2 aromatic rings. The van der Waals surface area contributed by atoms with Crippen molar-refractivity contribution >= 4 is 22.7 Å². The Balaban J connectivity index is 2.32. The van der Waals surface area contributed by atoms with Crippen LogP contribution in [0.5, 0.6) is 0 Å². The van der Waals surface area contributed by atoms with Gasteiger partial charge in [-0.15, -0.1) is 0 Å². The van der Waals surface area contributed by atoms with Crippen molar-refractivity contribution in [2.45, 2.75) is 27.2 Å². The molecule has 1 aromatic carbocycles. The Bertz CT molecular complexity index is 680. The lowest BCUT2D eigenvalue weighted by molar-refractivity contribution is -0.124. The number of carbonyl (C=O) groups is 1. The first-order chi connectivity index (χ1) is 8.85. The van der Waals surface area contributed by atoms with Crippen molar-refractivity contribution in [3.63, 3.8) is 0 Å². The summed E-state index contributed by atoms with van der Waals surface area (Å²) >= 11 is 0. The molecule has 2 rings (SSSR count). The molecular formula is C14H18N2O3. The van der Waals surface area contributed by atoms with Crippen molar-refractivity contribution in [1.82, 2.24) is 4.57 Å². The second-order valence-corrected chi connectivity index (χ2v) is 5.30. The molecule has 1 heterocycles. The summed E-state index contributed by atoms with van der Waals surface area (Å²) in [4.78, 5) is 23.5. The van der Waals surface area contributed by atoms with Crippen molar-refractivity contribution in [3.05, 3.63) is 28.7 Å². The van der Waals surface area contributed by atoms with Crippen LogP contribution >= 0.6 is 0 Å². The maximum Gasteiger partial charge on any atom is 0.419 e. The molecule has 1 amide bonds. The normalized spacial score (nSPS) is 11.8. The van der Waals surface area contributed by atoms with Gasteiger partial charge in [-0.25, -0.2) is 4.79 Å². The van der Waals surface area contributed by atoms with Crippen molar-refractivity contribution in [2.75, 3.05) is 5.32 Å². The third-order valence-corrected chi connectivity index (χ3v) is 3.55. The van der Waals surface area contributed by atoms with Gasteiger partial charge >= 0.3 is 5.76 Å². The number of aryl methyl sites for hydroxylation is 1. The van der Waals surface area contributed by atoms with Crippen LogP contribution in [-0.4, -0.2) is 10.5 Å². The standard InChI is InChI=1S/C14H18N2O3/c1-5-14(2,3)12(17)15-9-6-7-10-11(8-9)19-13(18)16(10)4/h6-8H,5H2,1-4H3,(H,15,17). The molecule has 0 unspecified atom stereocenters. The Morgan fingerprint density at radius 1 is 1.42 bits per heavy atom. The van der Waals surface area contributed by atoms with E-state index in [0.717, 1.165) is 6.42 Å². The summed E-state index contributed by atoms with van der Waals surface area (Å²) in [5, 5.41) is 2.84. The molecule has 0 aliphatic rings. The monoisotopic (exact) mass is 262 g/mol. The number of amides is 1. The van der Waals surface area contributed by atoms with Crippen LogP contribution in [0.4, 0.5) is 5.69 Å². The van der Waals surface area contributed by atoms with Crippen LogP contribution < -0.4 is 11.1 Å². The lowest BCUT2D eigenvalue weighted by atomic mass is 9.89. The van der Waals surface area contributed by atoms with Crippen LogP contribution in [0, 0.1) is 5.41 Å². The van der Waals surface area contributed by atoms with E-state index in [-0.39, 0.29) is 5.91 Å². The molecule has 1 aromatic heterocycles. The lowest BCUT2D eigenvalue weighted by Gasteiger charge is -2.21. The predicted octanol–water partition coefficient (Wildman–Crippen LogP) is 2.51. The fraction of sp³-hybridized carbons (Fsp3) is 0.429. The molecule has 0 bridgehead atoms. The number of aromatic nitrogens is 1. The number of hydrogen-bond acceptors (Lipinski definition) is 3. The topological polar surface area (TPSA) is 64.2 Å². The van der Waals surface area contributed by atoms with Crippen LogP contribution in [0.2, 0.25) is 0 Å². The van der Waals surface area contributed by atoms with Crippen molar-refractivity contribution in [3.8, 4) is 0 Å². The Morgan fingerprint density at radius 2 is 2.11 bits per heavy atom. The summed E-state index contributed by atoms with van der Waals surface area (Å²) in [5.41, 5.74) is 1.39. The molecule has 0 saturated heterocycles. The number of anilines is 1. The fourth-order valence-corrected chi connectivity index (χ4v) is 1.67. The average molecular weight is 262 g/mol. The number of oxazole rings is 1. The number of nitrogens with one attached hydrogen (secondary N) is 1. The first-order valence-corrected chi connectivity index (χ1v) is 6.26. The number of nitrogens with zero attached hydrogens (tertiary/aromatic N) is 1. The number of benzene rings is 1. The zero-order chi connectivity index (χ0) is 14.2. The smallest absolute Gasteiger partial charge is 0.408 e. The molecule has 0 spiro atoms. The second-order valence-electron chi connectivity index (χ2n) is 5.30. The van der Waals surface area contributed by atoms with Gasteiger partial charge in [0.05, 0.1) is 5.52 Å². The molecule has 0 aliphatic carbocycles. The van der Waals surface area contributed by atoms with Gasteiger partial charge in [-0.05, 0) is 18.6 Å². The van der Waals surface area contributed by atoms with Gasteiger partial charge in [-0.1, -0.05) is 20.8 Å². The molecule has 102 valence electrons. The van der Waals surface area contributed by atoms with E-state index in [4.69, 9.17) is 4.42 Å². The minimum Gasteiger partial charge on any atom is -0.408 e. The highest BCUT2D eigenvalue weighted by Gasteiger charge is 2.25. The predicted molar refractivity (Wildman–Crippen MR) is 74.2 cm³/mol. The van der Waals surface area contributed by atoms with E-state index in [2.05, 4.69) is 5.32 Å². The van der Waals surface area contributed by atoms with E-state index >= 15 is 0 Å². The summed E-state index contributed by atoms with van der Waals surface area (Å²) in [6.45, 7) is 5.76. The zero-order valence-corrected chi connectivity index (χ0v) is 11.6. The van der Waals surface area contributed by atoms with Gasteiger partial charge in [0.2, 0.25) is 5.91 Å². The number of fused-ring (bicyclic) bond motifs is 1. The van der Waals surface area contributed by atoms with Gasteiger partial charge < -0.3 is 9.73 Å². The Labute approximate surface area is 111 Å². The summed E-state index contributed by atoms with van der Waals surface area (Å²) in [6.07, 6.45) is 0.751. The minimum atomic E-state index is -0.424. The van der Waals surface area contributed by atoms with E-state index in [0.29, 0.717) is 16.8 Å². The summed E-state index contributed by atoms with van der Waals surface area (Å²) in [6, 6.07) is 5.19. The number of hydrogen-bond donors (Lipinski definition) is 1. The van der Waals surface area contributed by atoms with Crippen LogP contribution in [0.3, 0.4) is 0 Å². The number of carbonyl (C=O) groups excluding carboxylic acids is 1. The molecule has 0 fully saturated rings. The number of rotatable bonds is 3. The van der Waals surface area contributed by atoms with Gasteiger partial charge in [0.25, 0.3) is 0 Å². The zero-order valence-electron chi connectivity index (χ0n) is 11.6. The first-order valence-electron chi connectivity index (χ1n) is 6.26. The first kappa shape index (κ1) is 13.4. The lowest BCUT2D eigenvalue weighted by Crippen LogP contribution is -2.29. The van der Waals surface area contributed by atoms with Crippen molar-refractivity contribution in [2.24, 2.45) is 12.5 Å². The molecule has 5 nitrogen and oxygen atoms in total. The van der Waals surface area contributed by atoms with E-state index in [1.165, 1.54) is 4.57 Å². The van der Waals surface area contributed by atoms with Gasteiger partial charge in [0, 0.05) is 24.2 Å². The van der Waals surface area contributed by atoms with Crippen molar-refractivity contribution in [1.29, 1.82) is 0 Å². The maximum absolute atomic E-state index is 12.1. The Morgan fingerprint density at radius 3 is 2.74 bits per heavy atom. The highest BCUT2D eigenvalue weighted by Crippen LogP contribution is 2.24. The summed E-state index contributed by atoms with van der Waals surface area (Å²) in [7, 11) is 1.65. The highest BCUT2D eigenvalue weighted by atomic mass is 16.4. The minimum absolute atomic E-state index is 0.0485. The van der Waals surface area contributed by atoms with E-state index in [1.807, 2.05) is 20.8 Å². The quantitative estimate of drug-likeness (QED) is 0.924. The van der Waals surface area contributed by atoms with E-state index < -0.39 is 11.2 Å². The molecule has 1 N–H and O–H groups in total. The van der Waals surface area contributed by atoms with Crippen molar-refractivity contribution < 1.29 is 9.21 Å². The molecule has 0 radical (unpaired) electrons. The van der Waals surface area contributed by atoms with Gasteiger partial charge in [0.1, 0.15) is 0 Å². The van der Waals surface area contributed by atoms with E-state index in [1.54, 1.807) is 25.2 Å². The SMILES string of the molecule is CCC(C)(C)C(=O)Nc1ccc2c(c1)oc(=O)n2C. The third-order valence-electron chi connectivity index (χ3n) is 3.55. The molecular weight excluding hydrogens is 244 g/mol. The third kappa shape index (κ3) is 2.41. The van der Waals surface area contributed by atoms with E-state index in [9.17, 15) is 9.59 Å².